The summed E-state index contributed by atoms with van der Waals surface area (Å²) in [6.07, 6.45) is 0. The van der Waals surface area contributed by atoms with Crippen molar-refractivity contribution in [3.8, 4) is 23.0 Å². The Morgan fingerprint density at radius 3 is 1.56 bits per heavy atom. The van der Waals surface area contributed by atoms with E-state index >= 15 is 14.0 Å². The van der Waals surface area contributed by atoms with Crippen LogP contribution in [0.25, 0.3) is 11.1 Å². The Morgan fingerprint density at radius 2 is 1.03 bits per heavy atom. The van der Waals surface area contributed by atoms with Gasteiger partial charge in [0.25, 0.3) is 7.37 Å². The molecule has 68 heavy (non-hydrogen) atoms. The Hall–Kier alpha value is -6.16. The molecule has 2 unspecified atom stereocenters. The first kappa shape index (κ1) is 43.1. The van der Waals surface area contributed by atoms with Gasteiger partial charge >= 0.3 is 0 Å². The Labute approximate surface area is 395 Å². The van der Waals surface area contributed by atoms with Crippen molar-refractivity contribution in [1.29, 1.82) is 0 Å². The van der Waals surface area contributed by atoms with E-state index in [9.17, 15) is 0 Å². The topological polar surface area (TPSA) is 116 Å². The molecule has 6 aliphatic rings. The van der Waals surface area contributed by atoms with Crippen LogP contribution in [0.5, 0.6) is 23.0 Å². The first-order chi connectivity index (χ1) is 33.0. The van der Waals surface area contributed by atoms with Crippen molar-refractivity contribution in [2.45, 2.75) is 20.8 Å². The second-order valence-electron chi connectivity index (χ2n) is 18.4. The van der Waals surface area contributed by atoms with E-state index in [1.54, 1.807) is 0 Å². The molecule has 0 amide bonds. The van der Waals surface area contributed by atoms with Gasteiger partial charge in [-0.25, -0.2) is 9.15 Å². The lowest BCUT2D eigenvalue weighted by Crippen LogP contribution is -2.49. The van der Waals surface area contributed by atoms with Crippen LogP contribution in [0, 0.1) is 13.8 Å². The van der Waals surface area contributed by atoms with Crippen LogP contribution < -0.4 is 85.2 Å². The van der Waals surface area contributed by atoms with Crippen LogP contribution >= 0.6 is 14.7 Å². The summed E-state index contributed by atoms with van der Waals surface area (Å²) in [6.45, 7) is 11.5. The molecule has 2 atom stereocenters. The maximum absolute atomic E-state index is 16.2. The molecule has 0 fully saturated rings. The predicted molar refractivity (Wildman–Crippen MR) is 266 cm³/mol. The smallest absolute Gasteiger partial charge is 0.270 e. The largest absolute Gasteiger partial charge is 0.792 e. The van der Waals surface area contributed by atoms with E-state index in [1.807, 2.05) is 69.6 Å². The maximum Gasteiger partial charge on any atom is 0.270 e. The minimum Gasteiger partial charge on any atom is -0.792 e. The average molecular weight is 948 g/mol. The molecule has 6 aromatic carbocycles. The van der Waals surface area contributed by atoms with Gasteiger partial charge in [-0.3, -0.25) is 4.57 Å². The fraction of sp³-hybridized carbons (Fsp3) is 0.296. The number of nitrogens with zero attached hydrogens (tertiary/aromatic N) is 4. The standard InChI is InChI=1S/C54H53N4O8P2/c1-6-66-68(61)53-39(16-20-42-48(53)63-30-26-56(42)5)46(36-14-10-8-12-34(36)3)40-18-22-44-50(54(40)68)65-32-28-58(44)24-23-57-27-31-64-49-43(57)21-17-38-45(35-13-9-7-11-33(35)2)37-15-19-41-47(62-29-25-55(41)4)51(37)67(59,60)52(38)49/h7-22H,6,23-32H2,1-5H3/q+1. The number of benzene rings is 6. The van der Waals surface area contributed by atoms with Crippen molar-refractivity contribution in [2.75, 3.05) is 96.2 Å². The minimum atomic E-state index is -4.55. The second-order valence-corrected chi connectivity index (χ2v) is 22.6. The summed E-state index contributed by atoms with van der Waals surface area (Å²) in [6, 6.07) is 32.6. The maximum atomic E-state index is 16.2. The van der Waals surface area contributed by atoms with Gasteiger partial charge in [-0.1, -0.05) is 60.7 Å². The molecule has 12 nitrogen and oxygen atoms in total. The third-order valence-corrected chi connectivity index (χ3v) is 19.3. The van der Waals surface area contributed by atoms with E-state index in [0.29, 0.717) is 110 Å². The van der Waals surface area contributed by atoms with Gasteiger partial charge < -0.3 is 42.7 Å². The Morgan fingerprint density at radius 1 is 0.559 bits per heavy atom. The molecule has 0 aromatic heterocycles. The quantitative estimate of drug-likeness (QED) is 0.175. The summed E-state index contributed by atoms with van der Waals surface area (Å²) < 4.78 is 68.2. The fourth-order valence-corrected chi connectivity index (χ4v) is 16.1. The summed E-state index contributed by atoms with van der Waals surface area (Å²) in [5.41, 5.74) is 8.96. The van der Waals surface area contributed by atoms with Crippen LogP contribution in [0.2, 0.25) is 0 Å². The van der Waals surface area contributed by atoms with Crippen LogP contribution in [0.1, 0.15) is 40.3 Å². The van der Waals surface area contributed by atoms with E-state index in [4.69, 9.17) is 23.5 Å². The average Bonchev–Trinajstić information content (AvgIpc) is 3.33. The van der Waals surface area contributed by atoms with Gasteiger partial charge in [0.15, 0.2) is 24.6 Å². The Balaban J connectivity index is 0.968. The van der Waals surface area contributed by atoms with Gasteiger partial charge in [0.05, 0.1) is 59.7 Å². The molecule has 6 heterocycles. The lowest BCUT2D eigenvalue weighted by Gasteiger charge is -2.40. The molecule has 0 aliphatic carbocycles. The van der Waals surface area contributed by atoms with E-state index in [2.05, 4.69) is 81.3 Å². The summed E-state index contributed by atoms with van der Waals surface area (Å²) in [5, 5.41) is 4.66. The molecule has 346 valence electrons. The number of hydrogen-bond acceptors (Lipinski definition) is 10. The molecule has 0 saturated heterocycles. The van der Waals surface area contributed by atoms with Gasteiger partial charge in [0.2, 0.25) is 22.2 Å². The minimum absolute atomic E-state index is 0.198. The van der Waals surface area contributed by atoms with E-state index in [1.165, 1.54) is 0 Å². The second kappa shape index (κ2) is 16.2. The van der Waals surface area contributed by atoms with Crippen molar-refractivity contribution in [3.05, 3.63) is 152 Å². The highest BCUT2D eigenvalue weighted by Crippen LogP contribution is 2.55. The molecular weight excluding hydrogens is 895 g/mol. The highest BCUT2D eigenvalue weighted by molar-refractivity contribution is 7.75. The third-order valence-electron chi connectivity index (χ3n) is 14.5. The third kappa shape index (κ3) is 6.34. The molecule has 0 saturated carbocycles. The van der Waals surface area contributed by atoms with E-state index < -0.39 is 14.7 Å². The van der Waals surface area contributed by atoms with Gasteiger partial charge in [-0.2, -0.15) is 0 Å². The zero-order valence-electron chi connectivity index (χ0n) is 39.0. The van der Waals surface area contributed by atoms with E-state index in [-0.39, 0.29) is 17.2 Å². The number of anilines is 2. The van der Waals surface area contributed by atoms with Gasteiger partial charge in [-0.15, -0.1) is 0 Å². The fourth-order valence-electron chi connectivity index (χ4n) is 11.3. The van der Waals surface area contributed by atoms with Crippen molar-refractivity contribution in [2.24, 2.45) is 0 Å². The molecular formula is C54H53N4O8P2+. The van der Waals surface area contributed by atoms with Crippen LogP contribution in [-0.4, -0.2) is 86.4 Å². The monoisotopic (exact) mass is 947 g/mol. The van der Waals surface area contributed by atoms with Crippen molar-refractivity contribution < 1.29 is 37.5 Å². The highest BCUT2D eigenvalue weighted by atomic mass is 31.2. The Bertz CT molecular complexity index is 3550. The normalized spacial score (nSPS) is 20.8. The summed E-state index contributed by atoms with van der Waals surface area (Å²) in [4.78, 5) is 19.8. The molecule has 0 spiro atoms. The zero-order valence-corrected chi connectivity index (χ0v) is 40.8. The number of rotatable bonds is 7. The van der Waals surface area contributed by atoms with Gasteiger partial charge in [0.1, 0.15) is 40.5 Å². The SMILES string of the molecule is CCOP1(=O)c2c(ccc3c2OCCN3CCN2CCOc3c2ccc2c3P(=O)([O-])c3c4c(ccc3=C2c2ccccc2C)=[N+](C)CCO4)C(c2ccccc2C)=c2ccc3c(c21)OCC[N+]=3C. The summed E-state index contributed by atoms with van der Waals surface area (Å²) in [5.74, 6) is 1.92. The van der Waals surface area contributed by atoms with Crippen molar-refractivity contribution in [3.63, 3.8) is 0 Å². The number of ether oxygens (including phenoxy) is 4. The molecule has 0 radical (unpaired) electrons. The Kier molecular flexibility index (Phi) is 10.3. The first-order valence-electron chi connectivity index (χ1n) is 23.6. The first-order valence-corrected chi connectivity index (χ1v) is 26.8. The zero-order chi connectivity index (χ0) is 46.6. The molecule has 6 aromatic rings. The lowest BCUT2D eigenvalue weighted by atomic mass is 9.91. The van der Waals surface area contributed by atoms with E-state index in [0.717, 1.165) is 66.3 Å². The van der Waals surface area contributed by atoms with Gasteiger partial charge in [-0.05, 0) is 89.2 Å². The summed E-state index contributed by atoms with van der Waals surface area (Å²) in [7, 11) is -4.39. The highest BCUT2D eigenvalue weighted by Gasteiger charge is 2.46. The molecule has 14 heteroatoms. The summed E-state index contributed by atoms with van der Waals surface area (Å²) >= 11 is 0. The molecule has 0 bridgehead atoms. The number of fused-ring (bicyclic) bond motifs is 12. The van der Waals surface area contributed by atoms with Gasteiger partial charge in [0, 0.05) is 36.0 Å². The van der Waals surface area contributed by atoms with Crippen molar-refractivity contribution >= 4 is 58.5 Å². The predicted octanol–water partition coefficient (Wildman–Crippen LogP) is 2.40. The number of likely N-dealkylation sites (N-methyl/N-ethyl adjacent to an activating group) is 2. The van der Waals surface area contributed by atoms with Crippen molar-refractivity contribution in [1.82, 2.24) is 9.15 Å². The lowest BCUT2D eigenvalue weighted by molar-refractivity contribution is -0.167. The molecule has 6 aliphatic heterocycles. The van der Waals surface area contributed by atoms with Crippen LogP contribution in [0.4, 0.5) is 11.4 Å². The molecule has 0 N–H and O–H groups in total. The van der Waals surface area contributed by atoms with Crippen LogP contribution in [-0.2, 0) is 13.7 Å². The van der Waals surface area contributed by atoms with Crippen LogP contribution in [0.15, 0.2) is 97.1 Å². The molecule has 12 rings (SSSR count). The van der Waals surface area contributed by atoms with Crippen LogP contribution in [0.3, 0.4) is 0 Å². The number of aryl methyl sites for hydroxylation is 2. The number of hydrogen-bond donors (Lipinski definition) is 0.